The third-order valence-corrected chi connectivity index (χ3v) is 7.64. The summed E-state index contributed by atoms with van der Waals surface area (Å²) in [6, 6.07) is 7.27. The molecule has 218 valence electrons. The van der Waals surface area contributed by atoms with Gasteiger partial charge in [-0.2, -0.15) is 10.1 Å². The molecule has 0 radical (unpaired) electrons. The third-order valence-electron chi connectivity index (χ3n) is 6.48. The van der Waals surface area contributed by atoms with Gasteiger partial charge in [0.1, 0.15) is 17.3 Å². The number of benzene rings is 2. The molecule has 42 heavy (non-hydrogen) atoms. The van der Waals surface area contributed by atoms with Gasteiger partial charge < -0.3 is 20.7 Å². The minimum absolute atomic E-state index is 0.202. The van der Waals surface area contributed by atoms with Crippen molar-refractivity contribution in [2.24, 2.45) is 17.0 Å². The Balaban J connectivity index is 1.54. The topological polar surface area (TPSA) is 160 Å². The van der Waals surface area contributed by atoms with E-state index < -0.39 is 10.0 Å². The Morgan fingerprint density at radius 2 is 2.00 bits per heavy atom. The minimum atomic E-state index is -3.66. The van der Waals surface area contributed by atoms with Crippen LogP contribution in [0.3, 0.4) is 0 Å². The smallest absolute Gasteiger partial charge is 0.229 e. The quantitative estimate of drug-likeness (QED) is 0.170. The summed E-state index contributed by atoms with van der Waals surface area (Å²) in [5.74, 6) is 1.25. The van der Waals surface area contributed by atoms with Gasteiger partial charge in [-0.1, -0.05) is 0 Å². The number of anilines is 6. The molecule has 2 aromatic heterocycles. The van der Waals surface area contributed by atoms with Gasteiger partial charge in [0.05, 0.1) is 46.8 Å². The summed E-state index contributed by atoms with van der Waals surface area (Å²) < 4.78 is 35.2. The van der Waals surface area contributed by atoms with E-state index in [0.717, 1.165) is 41.7 Å². The molecule has 0 aliphatic carbocycles. The molecule has 4 N–H and O–H groups in total. The highest BCUT2D eigenvalue weighted by Gasteiger charge is 2.22. The number of aliphatic imine (C=N–C) groups is 2. The van der Waals surface area contributed by atoms with Crippen LogP contribution in [-0.4, -0.2) is 61.0 Å². The van der Waals surface area contributed by atoms with Crippen LogP contribution in [0.25, 0.3) is 11.1 Å². The first-order valence-corrected chi connectivity index (χ1v) is 15.4. The Kier molecular flexibility index (Phi) is 8.13. The zero-order valence-corrected chi connectivity index (χ0v) is 25.8. The molecule has 1 aliphatic rings. The highest BCUT2D eigenvalue weighted by Crippen LogP contribution is 2.44. The van der Waals surface area contributed by atoms with Crippen LogP contribution in [0.4, 0.5) is 45.9 Å². The number of fused-ring (bicyclic) bond motifs is 3. The molecule has 1 aliphatic heterocycles. The van der Waals surface area contributed by atoms with Gasteiger partial charge in [-0.05, 0) is 47.8 Å². The number of sulfonamides is 1. The highest BCUT2D eigenvalue weighted by molar-refractivity contribution is 9.10. The number of nitrogens with zero attached hydrogens (tertiary/aromatic N) is 6. The molecule has 5 rings (SSSR count). The van der Waals surface area contributed by atoms with Gasteiger partial charge in [-0.25, -0.2) is 13.4 Å². The zero-order chi connectivity index (χ0) is 30.0. The lowest BCUT2D eigenvalue weighted by molar-refractivity contribution is 0.417. The van der Waals surface area contributed by atoms with Crippen LogP contribution >= 0.6 is 15.9 Å². The van der Waals surface area contributed by atoms with Crippen molar-refractivity contribution in [3.8, 4) is 16.9 Å². The van der Waals surface area contributed by atoms with E-state index in [4.69, 9.17) is 4.74 Å². The minimum Gasteiger partial charge on any atom is -0.494 e. The maximum absolute atomic E-state index is 12.2. The summed E-state index contributed by atoms with van der Waals surface area (Å²) in [4.78, 5) is 17.4. The summed E-state index contributed by atoms with van der Waals surface area (Å²) in [5, 5.41) is 14.4. The second kappa shape index (κ2) is 11.8. The average Bonchev–Trinajstić information content (AvgIpc) is 3.21. The molecule has 0 fully saturated rings. The van der Waals surface area contributed by atoms with Crippen LogP contribution in [0.2, 0.25) is 0 Å². The maximum Gasteiger partial charge on any atom is 0.229 e. The predicted octanol–water partition coefficient (Wildman–Crippen LogP) is 5.53. The largest absolute Gasteiger partial charge is 0.494 e. The number of rotatable bonds is 9. The number of aryl methyl sites for hydroxylation is 1. The van der Waals surface area contributed by atoms with Crippen molar-refractivity contribution < 1.29 is 13.2 Å². The first kappa shape index (κ1) is 29.0. The van der Waals surface area contributed by atoms with Gasteiger partial charge in [0.2, 0.25) is 16.0 Å². The lowest BCUT2D eigenvalue weighted by atomic mass is 10.0. The fourth-order valence-electron chi connectivity index (χ4n) is 4.64. The summed E-state index contributed by atoms with van der Waals surface area (Å²) in [6.07, 6.45) is 6.89. The fraction of sp³-hybridized carbons (Fsp3) is 0.222. The van der Waals surface area contributed by atoms with Crippen LogP contribution in [0.5, 0.6) is 5.75 Å². The summed E-state index contributed by atoms with van der Waals surface area (Å²) in [7, 11) is -0.125. The van der Waals surface area contributed by atoms with E-state index in [1.54, 1.807) is 38.6 Å². The predicted molar refractivity (Wildman–Crippen MR) is 172 cm³/mol. The third kappa shape index (κ3) is 5.92. The molecule has 13 nitrogen and oxygen atoms in total. The number of nitrogens with one attached hydrogen (secondary N) is 4. The first-order valence-electron chi connectivity index (χ1n) is 12.8. The summed E-state index contributed by atoms with van der Waals surface area (Å²) >= 11 is 3.49. The molecule has 2 aromatic carbocycles. The van der Waals surface area contributed by atoms with Crippen molar-refractivity contribution in [2.45, 2.75) is 13.3 Å². The van der Waals surface area contributed by atoms with Crippen LogP contribution in [-0.2, 0) is 23.5 Å². The van der Waals surface area contributed by atoms with Gasteiger partial charge >= 0.3 is 0 Å². The van der Waals surface area contributed by atoms with Crippen LogP contribution < -0.4 is 25.4 Å². The standard InChI is InChI=1S/C27H29BrN10O3S/c1-6-30-24-18(29-2)7-8-19(25(24)37-42(5,39)40)34-26-17(28)14-32-27(36-26)35-21-11-15-16-13-33-38(3)22(16)9-10-31-20(15)12-23(21)41-4/h6-8,11-14,31,37H,2,9-10H2,1,3-5H3,(H2,32,34,35,36). The molecular formula is C27H29BrN10O3S. The van der Waals surface area contributed by atoms with E-state index in [9.17, 15) is 8.42 Å². The SMILES string of the molecule is C=Nc1ccc(Nc2nc(Nc3cc4c(cc3OC)NCCc3c-4cnn3C)ncc2Br)c(NS(C)(=O)=O)c1N=CC. The normalized spacial score (nSPS) is 12.6. The van der Waals surface area contributed by atoms with E-state index in [0.29, 0.717) is 38.8 Å². The molecule has 4 aromatic rings. The van der Waals surface area contributed by atoms with Crippen LogP contribution in [0.1, 0.15) is 12.6 Å². The lowest BCUT2D eigenvalue weighted by Crippen LogP contribution is -2.12. The van der Waals surface area contributed by atoms with Crippen LogP contribution in [0.15, 0.2) is 51.1 Å². The number of halogens is 1. The van der Waals surface area contributed by atoms with Crippen molar-refractivity contribution >= 4 is 84.8 Å². The molecule has 0 spiro atoms. The fourth-order valence-corrected chi connectivity index (χ4v) is 5.51. The maximum atomic E-state index is 12.2. The Morgan fingerprint density at radius 1 is 1.19 bits per heavy atom. The molecular weight excluding hydrogens is 624 g/mol. The molecule has 0 saturated heterocycles. The Labute approximate surface area is 251 Å². The van der Waals surface area contributed by atoms with Crippen LogP contribution in [0, 0.1) is 0 Å². The van der Waals surface area contributed by atoms with E-state index >= 15 is 0 Å². The number of hydrogen-bond donors (Lipinski definition) is 4. The number of methoxy groups -OCH3 is 1. The molecule has 0 saturated carbocycles. The van der Waals surface area contributed by atoms with Crippen molar-refractivity contribution in [3.05, 3.63) is 46.8 Å². The van der Waals surface area contributed by atoms with Gasteiger partial charge in [0, 0.05) is 61.0 Å². The monoisotopic (exact) mass is 652 g/mol. The molecule has 0 amide bonds. The summed E-state index contributed by atoms with van der Waals surface area (Å²) in [6.45, 7) is 6.06. The lowest BCUT2D eigenvalue weighted by Gasteiger charge is -2.18. The van der Waals surface area contributed by atoms with E-state index in [-0.39, 0.29) is 11.6 Å². The Morgan fingerprint density at radius 3 is 2.71 bits per heavy atom. The molecule has 3 heterocycles. The number of hydrogen-bond acceptors (Lipinski definition) is 11. The molecule has 0 unspecified atom stereocenters. The number of aromatic nitrogens is 4. The zero-order valence-electron chi connectivity index (χ0n) is 23.4. The molecule has 0 atom stereocenters. The average molecular weight is 654 g/mol. The van der Waals surface area contributed by atoms with Crippen molar-refractivity contribution in [1.82, 2.24) is 19.7 Å². The second-order valence-electron chi connectivity index (χ2n) is 9.32. The van der Waals surface area contributed by atoms with Crippen molar-refractivity contribution in [1.29, 1.82) is 0 Å². The van der Waals surface area contributed by atoms with E-state index in [1.165, 1.54) is 0 Å². The Hall–Kier alpha value is -4.50. The summed E-state index contributed by atoms with van der Waals surface area (Å²) in [5.41, 5.74) is 6.07. The number of ether oxygens (including phenoxy) is 1. The molecule has 15 heteroatoms. The second-order valence-corrected chi connectivity index (χ2v) is 11.9. The van der Waals surface area contributed by atoms with Crippen molar-refractivity contribution in [3.63, 3.8) is 0 Å². The molecule has 0 bridgehead atoms. The van der Waals surface area contributed by atoms with Gasteiger partial charge in [-0.15, -0.1) is 0 Å². The van der Waals surface area contributed by atoms with Gasteiger partial charge in [0.25, 0.3) is 0 Å². The highest BCUT2D eigenvalue weighted by atomic mass is 79.9. The van der Waals surface area contributed by atoms with Crippen molar-refractivity contribution in [2.75, 3.05) is 40.6 Å². The van der Waals surface area contributed by atoms with Gasteiger partial charge in [0.15, 0.2) is 0 Å². The Bertz CT molecular complexity index is 1820. The first-order chi connectivity index (χ1) is 20.1. The van der Waals surface area contributed by atoms with E-state index in [2.05, 4.69) is 68.4 Å². The van der Waals surface area contributed by atoms with E-state index in [1.807, 2.05) is 30.1 Å². The van der Waals surface area contributed by atoms with Gasteiger partial charge in [-0.3, -0.25) is 19.4 Å².